The maximum Gasteiger partial charge on any atom is 0.443 e. The first kappa shape index (κ1) is 18.9. The van der Waals surface area contributed by atoms with Gasteiger partial charge in [0.1, 0.15) is 0 Å². The van der Waals surface area contributed by atoms with Gasteiger partial charge >= 0.3 is 12.3 Å². The minimum Gasteiger partial charge on any atom is -0.446 e. The Kier molecular flexibility index (Phi) is 5.73. The molecule has 0 aliphatic carbocycles. The summed E-state index contributed by atoms with van der Waals surface area (Å²) >= 11 is 0. The molecule has 0 radical (unpaired) electrons. The Labute approximate surface area is 130 Å². The fraction of sp³-hybridized carbons (Fsp3) is 0.429. The van der Waals surface area contributed by atoms with Crippen LogP contribution in [0.1, 0.15) is 20.3 Å². The van der Waals surface area contributed by atoms with Crippen molar-refractivity contribution in [1.29, 1.82) is 0 Å². The normalized spacial score (nSPS) is 12.2. The first-order valence-electron chi connectivity index (χ1n) is 6.56. The number of anilines is 1. The van der Waals surface area contributed by atoms with Gasteiger partial charge < -0.3 is 14.9 Å². The third kappa shape index (κ3) is 4.93. The molecule has 23 heavy (non-hydrogen) atoms. The van der Waals surface area contributed by atoms with Gasteiger partial charge in [0, 0.05) is 0 Å². The number of hydrogen-bond acceptors (Lipinski definition) is 5. The minimum atomic E-state index is -5.45. The largest absolute Gasteiger partial charge is 0.446 e. The number of halogens is 3. The van der Waals surface area contributed by atoms with Gasteiger partial charge in [0.25, 0.3) is 5.79 Å². The average molecular weight is 335 g/mol. The fourth-order valence-corrected chi connectivity index (χ4v) is 1.57. The molecule has 2 amide bonds. The number of amides is 2. The monoisotopic (exact) mass is 335 g/mol. The lowest BCUT2D eigenvalue weighted by molar-refractivity contribution is -0.347. The summed E-state index contributed by atoms with van der Waals surface area (Å²) in [6.45, 7) is 2.98. The summed E-state index contributed by atoms with van der Waals surface area (Å²) in [4.78, 5) is 24.3. The van der Waals surface area contributed by atoms with Crippen LogP contribution in [0.4, 0.5) is 23.7 Å². The molecule has 6 nitrogen and oxygen atoms in total. The highest BCUT2D eigenvalue weighted by Crippen LogP contribution is 2.32. The SMILES string of the molecule is CC(C)OC(=O)N(C(=O)CC(O)(O)C(F)(F)F)c1ccccc1. The van der Waals surface area contributed by atoms with E-state index in [1.807, 2.05) is 0 Å². The number of aliphatic hydroxyl groups is 2. The fourth-order valence-electron chi connectivity index (χ4n) is 1.57. The summed E-state index contributed by atoms with van der Waals surface area (Å²) in [5.41, 5.74) is -0.0545. The minimum absolute atomic E-state index is 0.0545. The highest BCUT2D eigenvalue weighted by atomic mass is 19.4. The number of para-hydroxylation sites is 1. The van der Waals surface area contributed by atoms with Crippen LogP contribution in [0.5, 0.6) is 0 Å². The molecular weight excluding hydrogens is 319 g/mol. The van der Waals surface area contributed by atoms with E-state index in [2.05, 4.69) is 0 Å². The second kappa shape index (κ2) is 6.97. The van der Waals surface area contributed by atoms with Crippen LogP contribution in [0, 0.1) is 0 Å². The number of carbonyl (C=O) groups is 2. The Morgan fingerprint density at radius 2 is 1.70 bits per heavy atom. The van der Waals surface area contributed by atoms with Gasteiger partial charge in [-0.1, -0.05) is 18.2 Å². The summed E-state index contributed by atoms with van der Waals surface area (Å²) in [6.07, 6.45) is -9.04. The van der Waals surface area contributed by atoms with Gasteiger partial charge in [-0.25, -0.2) is 9.69 Å². The van der Waals surface area contributed by atoms with Gasteiger partial charge in [0.05, 0.1) is 18.2 Å². The Morgan fingerprint density at radius 1 is 1.17 bits per heavy atom. The van der Waals surface area contributed by atoms with Gasteiger partial charge in [0.15, 0.2) is 0 Å². The summed E-state index contributed by atoms with van der Waals surface area (Å²) in [6, 6.07) is 7.06. The molecule has 128 valence electrons. The van der Waals surface area contributed by atoms with E-state index in [1.165, 1.54) is 38.1 Å². The zero-order chi connectivity index (χ0) is 17.8. The molecule has 0 atom stereocenters. The Bertz CT molecular complexity index is 557. The van der Waals surface area contributed by atoms with Crippen LogP contribution in [0.2, 0.25) is 0 Å². The van der Waals surface area contributed by atoms with Gasteiger partial charge in [-0.2, -0.15) is 13.2 Å². The first-order chi connectivity index (χ1) is 10.5. The number of imide groups is 1. The third-order valence-electron chi connectivity index (χ3n) is 2.63. The van der Waals surface area contributed by atoms with Crippen molar-refractivity contribution in [2.24, 2.45) is 0 Å². The van der Waals surface area contributed by atoms with Crippen LogP contribution >= 0.6 is 0 Å². The summed E-state index contributed by atoms with van der Waals surface area (Å²) in [5.74, 6) is -5.72. The van der Waals surface area contributed by atoms with Crippen molar-refractivity contribution in [2.45, 2.75) is 38.3 Å². The zero-order valence-electron chi connectivity index (χ0n) is 12.4. The molecule has 0 bridgehead atoms. The molecule has 0 spiro atoms. The van der Waals surface area contributed by atoms with Crippen LogP contribution in [0.15, 0.2) is 30.3 Å². The van der Waals surface area contributed by atoms with Crippen molar-refractivity contribution < 1.29 is 37.7 Å². The first-order valence-corrected chi connectivity index (χ1v) is 6.56. The average Bonchev–Trinajstić information content (AvgIpc) is 2.37. The van der Waals surface area contributed by atoms with Crippen molar-refractivity contribution in [3.63, 3.8) is 0 Å². The lowest BCUT2D eigenvalue weighted by Crippen LogP contribution is -2.50. The van der Waals surface area contributed by atoms with Gasteiger partial charge in [0.2, 0.25) is 5.91 Å². The second-order valence-corrected chi connectivity index (χ2v) is 4.99. The molecule has 1 rings (SSSR count). The highest BCUT2D eigenvalue weighted by molar-refractivity contribution is 6.12. The third-order valence-corrected chi connectivity index (χ3v) is 2.63. The topological polar surface area (TPSA) is 87.1 Å². The van der Waals surface area contributed by atoms with E-state index in [0.29, 0.717) is 4.90 Å². The molecule has 0 saturated carbocycles. The van der Waals surface area contributed by atoms with Gasteiger partial charge in [-0.05, 0) is 26.0 Å². The van der Waals surface area contributed by atoms with Crippen molar-refractivity contribution >= 4 is 17.7 Å². The number of ether oxygens (including phenoxy) is 1. The summed E-state index contributed by atoms with van der Waals surface area (Å²) < 4.78 is 42.3. The van der Waals surface area contributed by atoms with Crippen LogP contribution in [-0.4, -0.2) is 40.3 Å². The number of carbonyl (C=O) groups excluding carboxylic acids is 2. The number of rotatable bonds is 4. The molecule has 0 heterocycles. The molecular formula is C14H16F3NO5. The summed E-state index contributed by atoms with van der Waals surface area (Å²) in [7, 11) is 0. The van der Waals surface area contributed by atoms with E-state index in [-0.39, 0.29) is 5.69 Å². The quantitative estimate of drug-likeness (QED) is 0.824. The lowest BCUT2D eigenvalue weighted by atomic mass is 10.1. The van der Waals surface area contributed by atoms with Crippen molar-refractivity contribution in [1.82, 2.24) is 0 Å². The Balaban J connectivity index is 3.10. The van der Waals surface area contributed by atoms with Crippen LogP contribution < -0.4 is 4.90 Å². The van der Waals surface area contributed by atoms with E-state index >= 15 is 0 Å². The Hall–Kier alpha value is -2.13. The van der Waals surface area contributed by atoms with E-state index in [9.17, 15) is 22.8 Å². The number of hydrogen-bond donors (Lipinski definition) is 2. The van der Waals surface area contributed by atoms with Crippen molar-refractivity contribution in [3.05, 3.63) is 30.3 Å². The molecule has 0 aliphatic heterocycles. The van der Waals surface area contributed by atoms with Crippen molar-refractivity contribution in [2.75, 3.05) is 4.90 Å². The maximum absolute atomic E-state index is 12.5. The summed E-state index contributed by atoms with van der Waals surface area (Å²) in [5, 5.41) is 18.0. The van der Waals surface area contributed by atoms with E-state index in [0.717, 1.165) is 0 Å². The standard InChI is InChI=1S/C14H16F3NO5/c1-9(2)23-12(20)18(10-6-4-3-5-7-10)11(19)8-13(21,22)14(15,16)17/h3-7,9,21-22H,8H2,1-2H3. The van der Waals surface area contributed by atoms with Gasteiger partial charge in [-0.15, -0.1) is 0 Å². The molecule has 0 aromatic heterocycles. The number of nitrogens with zero attached hydrogens (tertiary/aromatic N) is 1. The number of alkyl halides is 3. The smallest absolute Gasteiger partial charge is 0.443 e. The van der Waals surface area contributed by atoms with Crippen LogP contribution in [-0.2, 0) is 9.53 Å². The highest BCUT2D eigenvalue weighted by Gasteiger charge is 2.55. The predicted molar refractivity (Wildman–Crippen MR) is 73.4 cm³/mol. The molecule has 0 fully saturated rings. The molecule has 0 unspecified atom stereocenters. The molecule has 0 saturated heterocycles. The lowest BCUT2D eigenvalue weighted by Gasteiger charge is -2.27. The molecule has 9 heteroatoms. The molecule has 2 N–H and O–H groups in total. The Morgan fingerprint density at radius 3 is 2.13 bits per heavy atom. The zero-order valence-corrected chi connectivity index (χ0v) is 12.4. The van der Waals surface area contributed by atoms with Crippen LogP contribution in [0.25, 0.3) is 0 Å². The van der Waals surface area contributed by atoms with Gasteiger partial charge in [-0.3, -0.25) is 4.79 Å². The maximum atomic E-state index is 12.5. The molecule has 1 aromatic carbocycles. The predicted octanol–water partition coefficient (Wildman–Crippen LogP) is 2.20. The van der Waals surface area contributed by atoms with E-state index in [1.54, 1.807) is 6.07 Å². The van der Waals surface area contributed by atoms with E-state index < -0.39 is 36.5 Å². The number of benzene rings is 1. The molecule has 0 aliphatic rings. The van der Waals surface area contributed by atoms with Crippen LogP contribution in [0.3, 0.4) is 0 Å². The molecule has 1 aromatic rings. The van der Waals surface area contributed by atoms with E-state index in [4.69, 9.17) is 14.9 Å². The van der Waals surface area contributed by atoms with Crippen molar-refractivity contribution in [3.8, 4) is 0 Å². The second-order valence-electron chi connectivity index (χ2n) is 4.99.